The number of hydrogen-bond donors (Lipinski definition) is 0. The molecule has 1 aliphatic rings. The molecule has 1 nitrogen and oxygen atoms in total. The van der Waals surface area contributed by atoms with Crippen molar-refractivity contribution in [1.29, 1.82) is 0 Å². The Morgan fingerprint density at radius 3 is 3.00 bits per heavy atom. The van der Waals surface area contributed by atoms with Crippen LogP contribution < -0.4 is 4.74 Å². The van der Waals surface area contributed by atoms with Crippen molar-refractivity contribution in [3.63, 3.8) is 0 Å². The summed E-state index contributed by atoms with van der Waals surface area (Å²) in [5.74, 6) is 1.63. The molecule has 1 atom stereocenters. The van der Waals surface area contributed by atoms with Crippen LogP contribution in [0.1, 0.15) is 0 Å². The molecule has 0 saturated carbocycles. The highest BCUT2D eigenvalue weighted by molar-refractivity contribution is 8.00. The molecular formula is C8H7OS2. The van der Waals surface area contributed by atoms with Crippen LogP contribution in [-0.4, -0.2) is 11.2 Å². The molecule has 0 bridgehead atoms. The van der Waals surface area contributed by atoms with Crippen LogP contribution in [0.15, 0.2) is 29.2 Å². The lowest BCUT2D eigenvalue weighted by Gasteiger charge is -2.02. The van der Waals surface area contributed by atoms with Gasteiger partial charge >= 0.3 is 0 Å². The summed E-state index contributed by atoms with van der Waals surface area (Å²) in [6, 6.07) is 8.03. The Morgan fingerprint density at radius 2 is 2.27 bits per heavy atom. The molecular weight excluding hydrogens is 176 g/mol. The van der Waals surface area contributed by atoms with Gasteiger partial charge < -0.3 is 4.74 Å². The highest BCUT2D eigenvalue weighted by Crippen LogP contribution is 2.40. The molecule has 0 saturated heterocycles. The van der Waals surface area contributed by atoms with E-state index in [0.29, 0.717) is 5.75 Å². The van der Waals surface area contributed by atoms with Crippen LogP contribution in [0, 0.1) is 0 Å². The average molecular weight is 183 g/mol. The lowest BCUT2D eigenvalue weighted by atomic mass is 10.3. The number of fused-ring (bicyclic) bond motifs is 1. The third-order valence-corrected chi connectivity index (χ3v) is 3.13. The van der Waals surface area contributed by atoms with Crippen LogP contribution >= 0.6 is 24.4 Å². The van der Waals surface area contributed by atoms with Gasteiger partial charge in [-0.15, -0.1) is 0 Å². The first-order chi connectivity index (χ1) is 5.40. The van der Waals surface area contributed by atoms with E-state index in [0.717, 1.165) is 5.75 Å². The Hall–Kier alpha value is -0.280. The van der Waals surface area contributed by atoms with Crippen LogP contribution in [0.4, 0.5) is 0 Å². The van der Waals surface area contributed by atoms with Crippen molar-refractivity contribution >= 4 is 24.4 Å². The maximum atomic E-state index is 5.51. The summed E-state index contributed by atoms with van der Waals surface area (Å²) in [6.07, 6.45) is 0. The summed E-state index contributed by atoms with van der Waals surface area (Å²) >= 11 is 6.62. The second kappa shape index (κ2) is 2.99. The van der Waals surface area contributed by atoms with Crippen molar-refractivity contribution < 1.29 is 4.74 Å². The molecule has 57 valence electrons. The van der Waals surface area contributed by atoms with Gasteiger partial charge in [-0.1, -0.05) is 36.5 Å². The van der Waals surface area contributed by atoms with E-state index in [1.54, 1.807) is 11.8 Å². The Labute approximate surface area is 75.5 Å². The molecule has 0 N–H and O–H groups in total. The third-order valence-electron chi connectivity index (χ3n) is 1.50. The molecule has 1 aliphatic heterocycles. The molecule has 2 rings (SSSR count). The smallest absolute Gasteiger partial charge is 0.158 e. The van der Waals surface area contributed by atoms with Crippen molar-refractivity contribution in [3.05, 3.63) is 24.3 Å². The minimum Gasteiger partial charge on any atom is -0.477 e. The first-order valence-corrected chi connectivity index (χ1v) is 4.86. The molecule has 0 aliphatic carbocycles. The molecule has 0 fully saturated rings. The molecule has 1 radical (unpaired) electrons. The van der Waals surface area contributed by atoms with Crippen molar-refractivity contribution in [2.75, 3.05) is 5.75 Å². The van der Waals surface area contributed by atoms with Crippen LogP contribution in [0.3, 0.4) is 0 Å². The molecule has 0 amide bonds. The van der Waals surface area contributed by atoms with Gasteiger partial charge in [-0.2, -0.15) is 0 Å². The number of hydrogen-bond acceptors (Lipinski definition) is 2. The van der Waals surface area contributed by atoms with Gasteiger partial charge in [-0.3, -0.25) is 0 Å². The SMILES string of the molecule is [S]CC1Oc2ccccc2S1. The lowest BCUT2D eigenvalue weighted by molar-refractivity contribution is 0.319. The number of benzene rings is 1. The van der Waals surface area contributed by atoms with Crippen LogP contribution in [0.25, 0.3) is 0 Å². The van der Waals surface area contributed by atoms with Crippen LogP contribution in [0.2, 0.25) is 0 Å². The zero-order chi connectivity index (χ0) is 7.68. The lowest BCUT2D eigenvalue weighted by Crippen LogP contribution is -2.07. The molecule has 11 heavy (non-hydrogen) atoms. The predicted molar refractivity (Wildman–Crippen MR) is 49.2 cm³/mol. The van der Waals surface area contributed by atoms with Gasteiger partial charge in [0.2, 0.25) is 0 Å². The number of para-hydroxylation sites is 1. The fraction of sp³-hybridized carbons (Fsp3) is 0.250. The van der Waals surface area contributed by atoms with E-state index in [9.17, 15) is 0 Å². The predicted octanol–water partition coefficient (Wildman–Crippen LogP) is 2.69. The quantitative estimate of drug-likeness (QED) is 0.662. The maximum absolute atomic E-state index is 5.51. The van der Waals surface area contributed by atoms with Crippen molar-refractivity contribution in [3.8, 4) is 5.75 Å². The fourth-order valence-corrected chi connectivity index (χ4v) is 2.18. The maximum Gasteiger partial charge on any atom is 0.158 e. The van der Waals surface area contributed by atoms with Crippen LogP contribution in [0.5, 0.6) is 5.75 Å². The van der Waals surface area contributed by atoms with E-state index >= 15 is 0 Å². The first-order valence-electron chi connectivity index (χ1n) is 3.40. The fourth-order valence-electron chi connectivity index (χ4n) is 1.02. The van der Waals surface area contributed by atoms with E-state index in [1.807, 2.05) is 18.2 Å². The second-order valence-electron chi connectivity index (χ2n) is 2.28. The third kappa shape index (κ3) is 1.35. The Bertz CT molecular complexity index is 237. The van der Waals surface area contributed by atoms with Gasteiger partial charge in [-0.05, 0) is 12.1 Å². The van der Waals surface area contributed by atoms with Gasteiger partial charge in [0.05, 0.1) is 10.6 Å². The van der Waals surface area contributed by atoms with Gasteiger partial charge in [0, 0.05) is 0 Å². The van der Waals surface area contributed by atoms with E-state index in [4.69, 9.17) is 17.4 Å². The monoisotopic (exact) mass is 183 g/mol. The second-order valence-corrected chi connectivity index (χ2v) is 3.81. The highest BCUT2D eigenvalue weighted by Gasteiger charge is 2.21. The van der Waals surface area contributed by atoms with E-state index < -0.39 is 0 Å². The van der Waals surface area contributed by atoms with Crippen molar-refractivity contribution in [2.45, 2.75) is 10.3 Å². The summed E-state index contributed by atoms with van der Waals surface area (Å²) in [6.45, 7) is 0. The zero-order valence-corrected chi connectivity index (χ0v) is 7.45. The molecule has 0 aromatic heterocycles. The van der Waals surface area contributed by atoms with Gasteiger partial charge in [0.1, 0.15) is 5.75 Å². The minimum atomic E-state index is 0.155. The van der Waals surface area contributed by atoms with E-state index in [-0.39, 0.29) is 5.44 Å². The molecule has 1 aromatic carbocycles. The van der Waals surface area contributed by atoms with Crippen molar-refractivity contribution in [1.82, 2.24) is 0 Å². The standard InChI is InChI=1S/C8H7OS2/c10-5-8-9-6-3-1-2-4-7(6)11-8/h1-4,8H,5H2. The molecule has 1 heterocycles. The zero-order valence-electron chi connectivity index (χ0n) is 5.82. The van der Waals surface area contributed by atoms with Gasteiger partial charge in [0.25, 0.3) is 0 Å². The Morgan fingerprint density at radius 1 is 1.45 bits per heavy atom. The Balaban J connectivity index is 2.27. The minimum absolute atomic E-state index is 0.155. The topological polar surface area (TPSA) is 9.23 Å². The number of thioether (sulfide) groups is 1. The van der Waals surface area contributed by atoms with E-state index in [2.05, 4.69) is 6.07 Å². The Kier molecular flexibility index (Phi) is 2.00. The molecule has 1 aromatic rings. The molecule has 0 spiro atoms. The highest BCUT2D eigenvalue weighted by atomic mass is 32.2. The molecule has 1 unspecified atom stereocenters. The number of rotatable bonds is 1. The van der Waals surface area contributed by atoms with Gasteiger partial charge in [-0.25, -0.2) is 0 Å². The van der Waals surface area contributed by atoms with Crippen molar-refractivity contribution in [2.24, 2.45) is 0 Å². The normalized spacial score (nSPS) is 21.0. The van der Waals surface area contributed by atoms with Crippen LogP contribution in [-0.2, 0) is 0 Å². The van der Waals surface area contributed by atoms with E-state index in [1.165, 1.54) is 4.90 Å². The summed E-state index contributed by atoms with van der Waals surface area (Å²) in [5.41, 5.74) is 0.155. The molecule has 3 heteroatoms. The summed E-state index contributed by atoms with van der Waals surface area (Å²) < 4.78 is 5.51. The van der Waals surface area contributed by atoms with Gasteiger partial charge in [0.15, 0.2) is 5.44 Å². The summed E-state index contributed by atoms with van der Waals surface area (Å²) in [7, 11) is 0. The number of ether oxygens (including phenoxy) is 1. The summed E-state index contributed by atoms with van der Waals surface area (Å²) in [4.78, 5) is 1.21. The largest absolute Gasteiger partial charge is 0.477 e. The first kappa shape index (κ1) is 7.37. The average Bonchev–Trinajstić information content (AvgIpc) is 2.46. The summed E-state index contributed by atoms with van der Waals surface area (Å²) in [5, 5.41) is 0.